The number of carboxylic acids is 1. The molecule has 4 rings (SSSR count). The third-order valence-corrected chi connectivity index (χ3v) is 7.52. The number of benzene rings is 2. The molecule has 1 fully saturated rings. The number of hydrogen-bond acceptors (Lipinski definition) is 4. The normalized spacial score (nSPS) is 18.7. The van der Waals surface area contributed by atoms with Crippen LogP contribution in [0.25, 0.3) is 11.1 Å². The smallest absolute Gasteiger partial charge is 0.407 e. The number of fused-ring (bicyclic) bond motifs is 3. The molecule has 2 aliphatic rings. The Labute approximate surface area is 206 Å². The number of unbranched alkanes of at least 4 members (excludes halogenated alkanes) is 2. The molecule has 1 aliphatic heterocycles. The number of ether oxygens (including phenoxy) is 1. The molecule has 1 unspecified atom stereocenters. The van der Waals surface area contributed by atoms with E-state index in [1.165, 1.54) is 22.3 Å². The van der Waals surface area contributed by atoms with Gasteiger partial charge in [0.05, 0.1) is 5.41 Å². The fraction of sp³-hybridized carbons (Fsp3) is 0.464. The van der Waals surface area contributed by atoms with Crippen LogP contribution in [0.5, 0.6) is 0 Å². The van der Waals surface area contributed by atoms with Gasteiger partial charge < -0.3 is 20.1 Å². The molecule has 0 aromatic heterocycles. The molecule has 1 saturated heterocycles. The minimum atomic E-state index is -0.811. The molecule has 35 heavy (non-hydrogen) atoms. The van der Waals surface area contributed by atoms with Gasteiger partial charge in [-0.25, -0.2) is 4.79 Å². The van der Waals surface area contributed by atoms with Crippen LogP contribution in [0.2, 0.25) is 0 Å². The Hall–Kier alpha value is -3.35. The summed E-state index contributed by atoms with van der Waals surface area (Å²) in [5.74, 6) is -0.752. The maximum atomic E-state index is 12.4. The van der Waals surface area contributed by atoms with Gasteiger partial charge in [-0.1, -0.05) is 61.9 Å². The predicted molar refractivity (Wildman–Crippen MR) is 133 cm³/mol. The number of carbonyl (C=O) groups excluding carboxylic acids is 2. The summed E-state index contributed by atoms with van der Waals surface area (Å²) in [4.78, 5) is 37.9. The summed E-state index contributed by atoms with van der Waals surface area (Å²) in [6.07, 6.45) is 3.32. The standard InChI is InChI=1S/C28H34N2O5/c1-2-28(26(32)33)15-17-30(19-28)25(31)14-4-3-9-16-29-27(34)35-18-24-22-12-7-5-10-20(22)21-11-6-8-13-23(21)24/h5-8,10-13,24H,2-4,9,14-19H2,1H3,(H,29,34)(H,32,33). The maximum absolute atomic E-state index is 12.4. The van der Waals surface area contributed by atoms with E-state index in [1.807, 2.05) is 31.2 Å². The molecule has 7 nitrogen and oxygen atoms in total. The Morgan fingerprint density at radius 1 is 1.03 bits per heavy atom. The zero-order valence-electron chi connectivity index (χ0n) is 20.3. The largest absolute Gasteiger partial charge is 0.481 e. The molecule has 0 saturated carbocycles. The van der Waals surface area contributed by atoms with Crippen LogP contribution in [0.15, 0.2) is 48.5 Å². The third kappa shape index (κ3) is 5.34. The van der Waals surface area contributed by atoms with Gasteiger partial charge >= 0.3 is 12.1 Å². The summed E-state index contributed by atoms with van der Waals surface area (Å²) in [6.45, 7) is 3.47. The Morgan fingerprint density at radius 2 is 1.69 bits per heavy atom. The molecule has 2 aromatic carbocycles. The number of rotatable bonds is 10. The van der Waals surface area contributed by atoms with E-state index >= 15 is 0 Å². The van der Waals surface area contributed by atoms with Gasteiger partial charge in [0.1, 0.15) is 6.61 Å². The van der Waals surface area contributed by atoms with E-state index in [0.29, 0.717) is 51.9 Å². The molecular formula is C28H34N2O5. The first kappa shape index (κ1) is 24.8. The van der Waals surface area contributed by atoms with Gasteiger partial charge in [0.2, 0.25) is 5.91 Å². The van der Waals surface area contributed by atoms with Crippen molar-refractivity contribution in [3.8, 4) is 11.1 Å². The summed E-state index contributed by atoms with van der Waals surface area (Å²) in [5.41, 5.74) is 3.98. The predicted octanol–water partition coefficient (Wildman–Crippen LogP) is 4.80. The van der Waals surface area contributed by atoms with Gasteiger partial charge in [-0.15, -0.1) is 0 Å². The second-order valence-corrected chi connectivity index (χ2v) is 9.57. The van der Waals surface area contributed by atoms with Gasteiger partial charge in [-0.2, -0.15) is 0 Å². The highest BCUT2D eigenvalue weighted by atomic mass is 16.5. The lowest BCUT2D eigenvalue weighted by Gasteiger charge is -2.23. The van der Waals surface area contributed by atoms with Crippen molar-refractivity contribution in [1.82, 2.24) is 10.2 Å². The highest BCUT2D eigenvalue weighted by Gasteiger charge is 2.44. The molecule has 7 heteroatoms. The van der Waals surface area contributed by atoms with Gasteiger partial charge in [0, 0.05) is 32.0 Å². The van der Waals surface area contributed by atoms with E-state index in [4.69, 9.17) is 4.74 Å². The van der Waals surface area contributed by atoms with Crippen molar-refractivity contribution in [2.45, 2.75) is 51.4 Å². The van der Waals surface area contributed by atoms with Crippen molar-refractivity contribution < 1.29 is 24.2 Å². The lowest BCUT2D eigenvalue weighted by Crippen LogP contribution is -2.36. The monoisotopic (exact) mass is 478 g/mol. The first-order valence-electron chi connectivity index (χ1n) is 12.6. The molecule has 1 atom stereocenters. The van der Waals surface area contributed by atoms with Crippen LogP contribution in [0.3, 0.4) is 0 Å². The number of hydrogen-bond donors (Lipinski definition) is 2. The van der Waals surface area contributed by atoms with E-state index in [2.05, 4.69) is 29.6 Å². The second-order valence-electron chi connectivity index (χ2n) is 9.57. The molecule has 1 heterocycles. The highest BCUT2D eigenvalue weighted by Crippen LogP contribution is 2.44. The fourth-order valence-corrected chi connectivity index (χ4v) is 5.28. The summed E-state index contributed by atoms with van der Waals surface area (Å²) in [7, 11) is 0. The molecule has 2 aromatic rings. The van der Waals surface area contributed by atoms with E-state index in [1.54, 1.807) is 4.90 Å². The van der Waals surface area contributed by atoms with E-state index in [0.717, 1.165) is 12.8 Å². The lowest BCUT2D eigenvalue weighted by molar-refractivity contribution is -0.148. The molecule has 1 aliphatic carbocycles. The molecule has 0 radical (unpaired) electrons. The average molecular weight is 479 g/mol. The molecule has 0 bridgehead atoms. The minimum Gasteiger partial charge on any atom is -0.481 e. The number of alkyl carbamates (subject to hydrolysis) is 1. The Morgan fingerprint density at radius 3 is 2.29 bits per heavy atom. The zero-order chi connectivity index (χ0) is 24.8. The van der Waals surface area contributed by atoms with Crippen molar-refractivity contribution in [1.29, 1.82) is 0 Å². The zero-order valence-corrected chi connectivity index (χ0v) is 20.3. The van der Waals surface area contributed by atoms with Crippen molar-refractivity contribution in [2.24, 2.45) is 5.41 Å². The van der Waals surface area contributed by atoms with Gasteiger partial charge in [0.25, 0.3) is 0 Å². The SMILES string of the molecule is CCC1(C(=O)O)CCN(C(=O)CCCCCNC(=O)OCC2c3ccccc3-c3ccccc32)C1. The van der Waals surface area contributed by atoms with Gasteiger partial charge in [0.15, 0.2) is 0 Å². The molecule has 2 N–H and O–H groups in total. The topological polar surface area (TPSA) is 95.9 Å². The lowest BCUT2D eigenvalue weighted by atomic mass is 9.84. The van der Waals surface area contributed by atoms with Crippen LogP contribution in [-0.4, -0.2) is 54.2 Å². The number of nitrogens with one attached hydrogen (secondary N) is 1. The minimum absolute atomic E-state index is 0.0195. The quantitative estimate of drug-likeness (QED) is 0.478. The summed E-state index contributed by atoms with van der Waals surface area (Å²) in [5, 5.41) is 12.3. The van der Waals surface area contributed by atoms with Crippen LogP contribution in [0.1, 0.15) is 62.5 Å². The number of amides is 2. The highest BCUT2D eigenvalue weighted by molar-refractivity contribution is 5.81. The van der Waals surface area contributed by atoms with Gasteiger partial charge in [-0.3, -0.25) is 9.59 Å². The van der Waals surface area contributed by atoms with Crippen molar-refractivity contribution in [3.63, 3.8) is 0 Å². The second kappa shape index (κ2) is 10.9. The Kier molecular flexibility index (Phi) is 7.73. The van der Waals surface area contributed by atoms with E-state index in [-0.39, 0.29) is 11.8 Å². The molecule has 0 spiro atoms. The van der Waals surface area contributed by atoms with Crippen LogP contribution < -0.4 is 5.32 Å². The number of likely N-dealkylation sites (tertiary alicyclic amines) is 1. The summed E-state index contributed by atoms with van der Waals surface area (Å²) < 4.78 is 5.54. The summed E-state index contributed by atoms with van der Waals surface area (Å²) in [6, 6.07) is 16.5. The first-order chi connectivity index (χ1) is 16.9. The molecular weight excluding hydrogens is 444 g/mol. The Balaban J connectivity index is 1.13. The van der Waals surface area contributed by atoms with E-state index in [9.17, 15) is 19.5 Å². The summed E-state index contributed by atoms with van der Waals surface area (Å²) >= 11 is 0. The number of carboxylic acid groups (broad SMARTS) is 1. The van der Waals surface area contributed by atoms with Crippen LogP contribution in [0.4, 0.5) is 4.79 Å². The van der Waals surface area contributed by atoms with Crippen LogP contribution in [0, 0.1) is 5.41 Å². The molecule has 186 valence electrons. The van der Waals surface area contributed by atoms with Gasteiger partial charge in [-0.05, 0) is 47.9 Å². The Bertz CT molecular complexity index is 1040. The average Bonchev–Trinajstić information content (AvgIpc) is 3.46. The van der Waals surface area contributed by atoms with Crippen LogP contribution in [-0.2, 0) is 14.3 Å². The number of carbonyl (C=O) groups is 3. The maximum Gasteiger partial charge on any atom is 0.407 e. The van der Waals surface area contributed by atoms with Crippen molar-refractivity contribution in [2.75, 3.05) is 26.2 Å². The fourth-order valence-electron chi connectivity index (χ4n) is 5.28. The number of aliphatic carboxylic acids is 1. The number of nitrogens with zero attached hydrogens (tertiary/aromatic N) is 1. The first-order valence-corrected chi connectivity index (χ1v) is 12.6. The molecule has 2 amide bonds. The van der Waals surface area contributed by atoms with Crippen LogP contribution >= 0.6 is 0 Å². The van der Waals surface area contributed by atoms with E-state index < -0.39 is 17.5 Å². The van der Waals surface area contributed by atoms with Crippen molar-refractivity contribution >= 4 is 18.0 Å². The van der Waals surface area contributed by atoms with Crippen molar-refractivity contribution in [3.05, 3.63) is 59.7 Å². The third-order valence-electron chi connectivity index (χ3n) is 7.52.